The van der Waals surface area contributed by atoms with Crippen LogP contribution in [0.15, 0.2) is 16.6 Å². The first-order chi connectivity index (χ1) is 7.47. The minimum atomic E-state index is -0.915. The van der Waals surface area contributed by atoms with Crippen LogP contribution in [-0.2, 0) is 4.79 Å². The van der Waals surface area contributed by atoms with Crippen molar-refractivity contribution in [2.75, 3.05) is 7.11 Å². The van der Waals surface area contributed by atoms with E-state index < -0.39 is 12.0 Å². The Morgan fingerprint density at radius 3 is 2.75 bits per heavy atom. The number of aliphatic carboxylic acids is 1. The van der Waals surface area contributed by atoms with E-state index in [0.717, 1.165) is 15.6 Å². The third kappa shape index (κ3) is 2.74. The Bertz CT molecular complexity index is 406. The predicted molar refractivity (Wildman–Crippen MR) is 64.6 cm³/mol. The largest absolute Gasteiger partial charge is 0.496 e. The van der Waals surface area contributed by atoms with Crippen molar-refractivity contribution >= 4 is 21.9 Å². The molecule has 1 aromatic carbocycles. The number of methoxy groups -OCH3 is 1. The number of nitrogens with two attached hydrogens (primary N) is 1. The standard InChI is InChI=1S/C11H14BrNO3/c1-6-3-4-8(16-2)11(12)10(6)7(13)5-9(14)15/h3-4,7H,5,13H2,1-2H3,(H,14,15). The molecule has 0 aliphatic rings. The van der Waals surface area contributed by atoms with Crippen LogP contribution in [0.4, 0.5) is 0 Å². The van der Waals surface area contributed by atoms with Crippen LogP contribution < -0.4 is 10.5 Å². The molecular formula is C11H14BrNO3. The molecule has 0 saturated heterocycles. The van der Waals surface area contributed by atoms with Gasteiger partial charge in [-0.15, -0.1) is 0 Å². The van der Waals surface area contributed by atoms with Crippen LogP contribution in [0.5, 0.6) is 5.75 Å². The molecule has 0 aromatic heterocycles. The molecule has 0 aliphatic carbocycles. The van der Waals surface area contributed by atoms with Gasteiger partial charge in [-0.25, -0.2) is 0 Å². The number of halogens is 1. The molecular weight excluding hydrogens is 274 g/mol. The molecule has 1 unspecified atom stereocenters. The number of ether oxygens (including phenoxy) is 1. The smallest absolute Gasteiger partial charge is 0.305 e. The number of carboxylic acids is 1. The van der Waals surface area contributed by atoms with Gasteiger partial charge >= 0.3 is 5.97 Å². The Balaban J connectivity index is 3.15. The topological polar surface area (TPSA) is 72.5 Å². The lowest BCUT2D eigenvalue weighted by atomic mass is 9.99. The molecule has 0 bridgehead atoms. The molecule has 0 saturated carbocycles. The van der Waals surface area contributed by atoms with Crippen LogP contribution in [0.1, 0.15) is 23.6 Å². The molecule has 0 radical (unpaired) electrons. The van der Waals surface area contributed by atoms with Gasteiger partial charge in [-0.3, -0.25) is 4.79 Å². The zero-order valence-corrected chi connectivity index (χ0v) is 10.7. The summed E-state index contributed by atoms with van der Waals surface area (Å²) >= 11 is 3.38. The van der Waals surface area contributed by atoms with Gasteiger partial charge in [-0.2, -0.15) is 0 Å². The van der Waals surface area contributed by atoms with E-state index in [2.05, 4.69) is 15.9 Å². The molecule has 0 amide bonds. The van der Waals surface area contributed by atoms with Crippen molar-refractivity contribution in [2.45, 2.75) is 19.4 Å². The Morgan fingerprint density at radius 2 is 2.25 bits per heavy atom. The molecule has 88 valence electrons. The van der Waals surface area contributed by atoms with E-state index >= 15 is 0 Å². The van der Waals surface area contributed by atoms with Crippen molar-refractivity contribution in [1.29, 1.82) is 0 Å². The summed E-state index contributed by atoms with van der Waals surface area (Å²) < 4.78 is 5.87. The summed E-state index contributed by atoms with van der Waals surface area (Å²) in [5, 5.41) is 8.73. The van der Waals surface area contributed by atoms with E-state index in [0.29, 0.717) is 5.75 Å². The summed E-state index contributed by atoms with van der Waals surface area (Å²) in [6, 6.07) is 3.14. The third-order valence-electron chi connectivity index (χ3n) is 2.35. The Kier molecular flexibility index (Phi) is 4.32. The summed E-state index contributed by atoms with van der Waals surface area (Å²) in [6.07, 6.45) is -0.105. The van der Waals surface area contributed by atoms with Crippen LogP contribution in [0.3, 0.4) is 0 Å². The average molecular weight is 288 g/mol. The highest BCUT2D eigenvalue weighted by molar-refractivity contribution is 9.10. The lowest BCUT2D eigenvalue weighted by Crippen LogP contribution is -2.17. The molecule has 1 atom stereocenters. The maximum absolute atomic E-state index is 10.6. The van der Waals surface area contributed by atoms with Crippen molar-refractivity contribution in [2.24, 2.45) is 5.73 Å². The highest BCUT2D eigenvalue weighted by Gasteiger charge is 2.18. The second-order valence-corrected chi connectivity index (χ2v) is 4.31. The van der Waals surface area contributed by atoms with E-state index in [1.807, 2.05) is 19.1 Å². The summed E-state index contributed by atoms with van der Waals surface area (Å²) in [5.41, 5.74) is 7.58. The van der Waals surface area contributed by atoms with Gasteiger partial charge in [0.25, 0.3) is 0 Å². The minimum Gasteiger partial charge on any atom is -0.496 e. The van der Waals surface area contributed by atoms with Gasteiger partial charge in [0, 0.05) is 6.04 Å². The summed E-state index contributed by atoms with van der Waals surface area (Å²) in [4.78, 5) is 10.6. The van der Waals surface area contributed by atoms with Gasteiger partial charge in [-0.1, -0.05) is 6.07 Å². The van der Waals surface area contributed by atoms with Crippen LogP contribution >= 0.6 is 15.9 Å². The van der Waals surface area contributed by atoms with Crippen molar-refractivity contribution in [3.8, 4) is 5.75 Å². The number of hydrogen-bond donors (Lipinski definition) is 2. The first-order valence-electron chi connectivity index (χ1n) is 4.77. The molecule has 0 aliphatic heterocycles. The lowest BCUT2D eigenvalue weighted by molar-refractivity contribution is -0.137. The molecule has 3 N–H and O–H groups in total. The summed E-state index contributed by atoms with van der Waals surface area (Å²) in [6.45, 7) is 1.89. The van der Waals surface area contributed by atoms with Crippen molar-refractivity contribution in [3.63, 3.8) is 0 Å². The number of hydrogen-bond acceptors (Lipinski definition) is 3. The molecule has 5 heteroatoms. The van der Waals surface area contributed by atoms with Gasteiger partial charge < -0.3 is 15.6 Å². The van der Waals surface area contributed by atoms with Crippen molar-refractivity contribution in [3.05, 3.63) is 27.7 Å². The fraction of sp³-hybridized carbons (Fsp3) is 0.364. The van der Waals surface area contributed by atoms with Crippen molar-refractivity contribution < 1.29 is 14.6 Å². The number of benzene rings is 1. The SMILES string of the molecule is COc1ccc(C)c(C(N)CC(=O)O)c1Br. The first kappa shape index (κ1) is 13.0. The van der Waals surface area contributed by atoms with Gasteiger partial charge in [0.1, 0.15) is 5.75 Å². The van der Waals surface area contributed by atoms with Gasteiger partial charge in [-0.05, 0) is 40.0 Å². The Labute approximate surface area is 103 Å². The second-order valence-electron chi connectivity index (χ2n) is 3.52. The summed E-state index contributed by atoms with van der Waals surface area (Å²) in [7, 11) is 1.56. The minimum absolute atomic E-state index is 0.105. The van der Waals surface area contributed by atoms with E-state index in [4.69, 9.17) is 15.6 Å². The van der Waals surface area contributed by atoms with Gasteiger partial charge in [0.2, 0.25) is 0 Å². The van der Waals surface area contributed by atoms with Crippen LogP contribution in [-0.4, -0.2) is 18.2 Å². The summed E-state index contributed by atoms with van der Waals surface area (Å²) in [5.74, 6) is -0.261. The zero-order chi connectivity index (χ0) is 12.3. The number of aryl methyl sites for hydroxylation is 1. The molecule has 16 heavy (non-hydrogen) atoms. The van der Waals surface area contributed by atoms with E-state index in [1.165, 1.54) is 0 Å². The molecule has 0 spiro atoms. The van der Waals surface area contributed by atoms with E-state index in [1.54, 1.807) is 7.11 Å². The van der Waals surface area contributed by atoms with Crippen LogP contribution in [0.25, 0.3) is 0 Å². The first-order valence-corrected chi connectivity index (χ1v) is 5.57. The predicted octanol–water partition coefficient (Wildman–Crippen LogP) is 2.24. The molecule has 1 rings (SSSR count). The number of rotatable bonds is 4. The van der Waals surface area contributed by atoms with Crippen LogP contribution in [0, 0.1) is 6.92 Å². The monoisotopic (exact) mass is 287 g/mol. The quantitative estimate of drug-likeness (QED) is 0.891. The second kappa shape index (κ2) is 5.32. The van der Waals surface area contributed by atoms with E-state index in [9.17, 15) is 4.79 Å². The molecule has 0 heterocycles. The fourth-order valence-electron chi connectivity index (χ4n) is 1.57. The van der Waals surface area contributed by atoms with Gasteiger partial charge in [0.05, 0.1) is 18.0 Å². The molecule has 1 aromatic rings. The highest BCUT2D eigenvalue weighted by Crippen LogP contribution is 2.34. The molecule has 4 nitrogen and oxygen atoms in total. The van der Waals surface area contributed by atoms with Crippen molar-refractivity contribution in [1.82, 2.24) is 0 Å². The van der Waals surface area contributed by atoms with E-state index in [-0.39, 0.29) is 6.42 Å². The maximum Gasteiger partial charge on any atom is 0.305 e. The Hall–Kier alpha value is -1.07. The van der Waals surface area contributed by atoms with Crippen LogP contribution in [0.2, 0.25) is 0 Å². The lowest BCUT2D eigenvalue weighted by Gasteiger charge is -2.17. The number of carbonyl (C=O) groups is 1. The number of carboxylic acid groups (broad SMARTS) is 1. The highest BCUT2D eigenvalue weighted by atomic mass is 79.9. The average Bonchev–Trinajstić information content (AvgIpc) is 2.16. The fourth-order valence-corrected chi connectivity index (χ4v) is 2.47. The molecule has 0 fully saturated rings. The Morgan fingerprint density at radius 1 is 1.62 bits per heavy atom. The van der Waals surface area contributed by atoms with Gasteiger partial charge in [0.15, 0.2) is 0 Å². The zero-order valence-electron chi connectivity index (χ0n) is 9.16. The normalized spacial score (nSPS) is 12.2. The maximum atomic E-state index is 10.6. The third-order valence-corrected chi connectivity index (χ3v) is 3.17.